The van der Waals surface area contributed by atoms with Gasteiger partial charge in [-0.25, -0.2) is 4.79 Å². The summed E-state index contributed by atoms with van der Waals surface area (Å²) in [6.45, 7) is 7.15. The van der Waals surface area contributed by atoms with E-state index in [4.69, 9.17) is 10.5 Å². The maximum absolute atomic E-state index is 12.4. The van der Waals surface area contributed by atoms with Crippen molar-refractivity contribution in [2.24, 2.45) is 4.99 Å². The van der Waals surface area contributed by atoms with Crippen molar-refractivity contribution in [2.45, 2.75) is 12.5 Å². The minimum absolute atomic E-state index is 0.0509. The predicted molar refractivity (Wildman–Crippen MR) is 88.6 cm³/mol. The number of carbonyl (C=O) groups excluding carboxylic acids is 2. The Hall–Kier alpha value is -2.92. The number of carbonyl (C=O) groups is 2. The highest BCUT2D eigenvalue weighted by molar-refractivity contribution is 7.19. The molecule has 2 heterocycles. The van der Waals surface area contributed by atoms with E-state index in [1.54, 1.807) is 0 Å². The largest absolute Gasteiger partial charge is 0.464 e. The van der Waals surface area contributed by atoms with Gasteiger partial charge in [0.05, 0.1) is 12.3 Å². The SMILES string of the molecule is C=C/C=C(\N=C)C(=O)c1sc(NC2CCOC2=O)c(C#N)c1N. The van der Waals surface area contributed by atoms with Crippen LogP contribution in [0.5, 0.6) is 0 Å². The van der Waals surface area contributed by atoms with Gasteiger partial charge in [0.1, 0.15) is 33.2 Å². The first-order chi connectivity index (χ1) is 11.0. The number of anilines is 2. The number of thiophene rings is 1. The normalized spacial score (nSPS) is 17.3. The zero-order valence-electron chi connectivity index (χ0n) is 12.2. The van der Waals surface area contributed by atoms with Gasteiger partial charge in [-0.3, -0.25) is 9.79 Å². The Bertz CT molecular complexity index is 758. The van der Waals surface area contributed by atoms with Gasteiger partial charge in [-0.1, -0.05) is 12.7 Å². The van der Waals surface area contributed by atoms with E-state index < -0.39 is 17.8 Å². The Balaban J connectivity index is 2.39. The van der Waals surface area contributed by atoms with Crippen LogP contribution in [0.15, 0.2) is 29.4 Å². The molecular formula is C15H14N4O3S. The molecule has 1 saturated heterocycles. The van der Waals surface area contributed by atoms with Gasteiger partial charge in [0.2, 0.25) is 5.78 Å². The molecule has 0 bridgehead atoms. The highest BCUT2D eigenvalue weighted by atomic mass is 32.1. The second-order valence-corrected chi connectivity index (χ2v) is 5.61. The van der Waals surface area contributed by atoms with Crippen LogP contribution < -0.4 is 11.1 Å². The number of nitrogen functional groups attached to an aromatic ring is 1. The molecule has 1 aromatic heterocycles. The number of nitrogens with one attached hydrogen (secondary N) is 1. The molecule has 0 aromatic carbocycles. The third-order valence-corrected chi connectivity index (χ3v) is 4.32. The lowest BCUT2D eigenvalue weighted by Gasteiger charge is -2.07. The molecule has 0 radical (unpaired) electrons. The van der Waals surface area contributed by atoms with Crippen LogP contribution in [0.2, 0.25) is 0 Å². The average Bonchev–Trinajstić information content (AvgIpc) is 3.08. The molecule has 2 rings (SSSR count). The van der Waals surface area contributed by atoms with Crippen molar-refractivity contribution >= 4 is 40.5 Å². The van der Waals surface area contributed by atoms with Crippen LogP contribution in [0.25, 0.3) is 0 Å². The number of rotatable bonds is 6. The number of nitrogens with zero attached hydrogens (tertiary/aromatic N) is 2. The van der Waals surface area contributed by atoms with Crippen LogP contribution in [0.4, 0.5) is 10.7 Å². The number of nitrogens with two attached hydrogens (primary N) is 1. The molecule has 0 aliphatic carbocycles. The summed E-state index contributed by atoms with van der Waals surface area (Å²) in [5.41, 5.74) is 6.16. The summed E-state index contributed by atoms with van der Waals surface area (Å²) in [7, 11) is 0. The van der Waals surface area contributed by atoms with Gasteiger partial charge in [-0.15, -0.1) is 11.3 Å². The first-order valence-corrected chi connectivity index (χ1v) is 7.44. The predicted octanol–water partition coefficient (Wildman–Crippen LogP) is 1.88. The number of esters is 1. The number of aliphatic imine (C=N–C) groups is 1. The lowest BCUT2D eigenvalue weighted by atomic mass is 10.1. The minimum Gasteiger partial charge on any atom is -0.464 e. The summed E-state index contributed by atoms with van der Waals surface area (Å²) in [5, 5.41) is 12.6. The Labute approximate surface area is 136 Å². The number of allylic oxidation sites excluding steroid dienone is 3. The van der Waals surface area contributed by atoms with Gasteiger partial charge in [-0.2, -0.15) is 5.26 Å². The van der Waals surface area contributed by atoms with Crippen molar-refractivity contribution in [3.05, 3.63) is 34.9 Å². The molecule has 0 saturated carbocycles. The smallest absolute Gasteiger partial charge is 0.328 e. The van der Waals surface area contributed by atoms with Gasteiger partial charge in [0, 0.05) is 6.42 Å². The number of nitriles is 1. The molecule has 1 unspecified atom stereocenters. The first-order valence-electron chi connectivity index (χ1n) is 6.63. The second kappa shape index (κ2) is 6.89. The van der Waals surface area contributed by atoms with Gasteiger partial charge >= 0.3 is 5.97 Å². The van der Waals surface area contributed by atoms with Gasteiger partial charge < -0.3 is 15.8 Å². The number of ether oxygens (including phenoxy) is 1. The van der Waals surface area contributed by atoms with E-state index in [0.717, 1.165) is 11.3 Å². The van der Waals surface area contributed by atoms with Crippen LogP contribution in [0, 0.1) is 11.3 Å². The fourth-order valence-electron chi connectivity index (χ4n) is 2.04. The molecule has 1 aliphatic rings. The van der Waals surface area contributed by atoms with Crippen LogP contribution in [-0.4, -0.2) is 31.1 Å². The fraction of sp³-hybridized carbons (Fsp3) is 0.200. The van der Waals surface area contributed by atoms with Gasteiger partial charge in [0.25, 0.3) is 0 Å². The van der Waals surface area contributed by atoms with Crippen LogP contribution in [0.3, 0.4) is 0 Å². The molecule has 0 amide bonds. The number of hydrogen-bond donors (Lipinski definition) is 2. The van der Waals surface area contributed by atoms with Gasteiger partial charge in [0.15, 0.2) is 0 Å². The molecule has 23 heavy (non-hydrogen) atoms. The zero-order chi connectivity index (χ0) is 17.0. The van der Waals surface area contributed by atoms with E-state index in [-0.39, 0.29) is 21.8 Å². The monoisotopic (exact) mass is 330 g/mol. The Morgan fingerprint density at radius 1 is 1.61 bits per heavy atom. The zero-order valence-corrected chi connectivity index (χ0v) is 13.0. The molecule has 1 aromatic rings. The van der Waals surface area contributed by atoms with Crippen LogP contribution in [0.1, 0.15) is 21.7 Å². The number of cyclic esters (lactones) is 1. The highest BCUT2D eigenvalue weighted by Crippen LogP contribution is 2.37. The molecule has 1 aliphatic heterocycles. The van der Waals surface area contributed by atoms with Crippen molar-refractivity contribution < 1.29 is 14.3 Å². The maximum atomic E-state index is 12.4. The minimum atomic E-state index is -0.552. The summed E-state index contributed by atoms with van der Waals surface area (Å²) in [4.78, 5) is 27.8. The number of Topliss-reactive ketones (excluding diaryl/α,β-unsaturated/α-hetero) is 1. The average molecular weight is 330 g/mol. The Morgan fingerprint density at radius 2 is 2.35 bits per heavy atom. The molecule has 7 nitrogen and oxygen atoms in total. The van der Waals surface area contributed by atoms with Crippen molar-refractivity contribution in [3.63, 3.8) is 0 Å². The maximum Gasteiger partial charge on any atom is 0.328 e. The van der Waals surface area contributed by atoms with E-state index in [2.05, 4.69) is 23.6 Å². The lowest BCUT2D eigenvalue weighted by molar-refractivity contribution is -0.138. The fourth-order valence-corrected chi connectivity index (χ4v) is 3.11. The third kappa shape index (κ3) is 3.14. The van der Waals surface area contributed by atoms with Crippen LogP contribution >= 0.6 is 11.3 Å². The van der Waals surface area contributed by atoms with E-state index in [0.29, 0.717) is 18.0 Å². The van der Waals surface area contributed by atoms with E-state index in [9.17, 15) is 14.9 Å². The highest BCUT2D eigenvalue weighted by Gasteiger charge is 2.30. The summed E-state index contributed by atoms with van der Waals surface area (Å²) >= 11 is 0.998. The summed E-state index contributed by atoms with van der Waals surface area (Å²) < 4.78 is 4.86. The first kappa shape index (κ1) is 16.5. The standard InChI is InChI=1S/C15H14N4O3S/c1-3-4-9(18-2)12(20)13-11(17)8(7-16)14(23-13)19-10-5-6-22-15(10)21/h3-4,10,19H,1-2,5-6,17H2/b9-4-. The second-order valence-electron chi connectivity index (χ2n) is 4.59. The molecule has 0 spiro atoms. The quantitative estimate of drug-likeness (QED) is 0.270. The van der Waals surface area contributed by atoms with Crippen molar-refractivity contribution in [2.75, 3.05) is 17.7 Å². The topological polar surface area (TPSA) is 118 Å². The molecule has 8 heteroatoms. The van der Waals surface area contributed by atoms with E-state index >= 15 is 0 Å². The van der Waals surface area contributed by atoms with E-state index in [1.807, 2.05) is 6.07 Å². The molecule has 1 fully saturated rings. The van der Waals surface area contributed by atoms with Crippen molar-refractivity contribution in [3.8, 4) is 6.07 Å². The molecular weight excluding hydrogens is 316 g/mol. The summed E-state index contributed by atoms with van der Waals surface area (Å²) in [6, 6.07) is 1.40. The molecule has 118 valence electrons. The van der Waals surface area contributed by atoms with E-state index in [1.165, 1.54) is 12.2 Å². The van der Waals surface area contributed by atoms with Crippen molar-refractivity contribution in [1.82, 2.24) is 0 Å². The summed E-state index contributed by atoms with van der Waals surface area (Å²) in [5.74, 6) is -0.852. The van der Waals surface area contributed by atoms with Crippen LogP contribution in [-0.2, 0) is 9.53 Å². The van der Waals surface area contributed by atoms with Gasteiger partial charge in [-0.05, 0) is 12.8 Å². The molecule has 3 N–H and O–H groups in total. The molecule has 1 atom stereocenters. The Morgan fingerprint density at radius 3 is 2.87 bits per heavy atom. The number of hydrogen-bond acceptors (Lipinski definition) is 8. The number of ketones is 1. The summed E-state index contributed by atoms with van der Waals surface area (Å²) in [6.07, 6.45) is 3.30. The lowest BCUT2D eigenvalue weighted by Crippen LogP contribution is -2.24. The third-order valence-electron chi connectivity index (χ3n) is 3.18. The Kier molecular flexibility index (Phi) is 4.93. The van der Waals surface area contributed by atoms with Crippen molar-refractivity contribution in [1.29, 1.82) is 5.26 Å².